The molecule has 5 heteroatoms. The molecular weight excluding hydrogens is 206 g/mol. The molecule has 5 nitrogen and oxygen atoms in total. The van der Waals surface area contributed by atoms with Crippen LogP contribution in [0.1, 0.15) is 34.9 Å². The molecule has 0 aromatic carbocycles. The molecule has 84 valence electrons. The molecule has 0 aliphatic heterocycles. The highest BCUT2D eigenvalue weighted by Gasteiger charge is 2.14. The van der Waals surface area contributed by atoms with Crippen molar-refractivity contribution in [3.05, 3.63) is 41.9 Å². The number of H-pyrrole nitrogens is 1. The van der Waals surface area contributed by atoms with E-state index in [0.717, 1.165) is 11.6 Å². The van der Waals surface area contributed by atoms with Gasteiger partial charge in [0.1, 0.15) is 17.8 Å². The average Bonchev–Trinajstić information content (AvgIpc) is 2.87. The highest BCUT2D eigenvalue weighted by atomic mass is 16.3. The van der Waals surface area contributed by atoms with Crippen LogP contribution in [-0.4, -0.2) is 15.9 Å². The first-order chi connectivity index (χ1) is 7.66. The summed E-state index contributed by atoms with van der Waals surface area (Å²) in [5.41, 5.74) is 0.524. The van der Waals surface area contributed by atoms with Crippen molar-refractivity contribution in [2.75, 3.05) is 0 Å². The lowest BCUT2D eigenvalue weighted by Gasteiger charge is -2.09. The molecule has 0 aliphatic rings. The predicted octanol–water partition coefficient (Wildman–Crippen LogP) is 1.80. The molecule has 2 heterocycles. The monoisotopic (exact) mass is 219 g/mol. The fraction of sp³-hybridized carbons (Fsp3) is 0.273. The Balaban J connectivity index is 2.03. The third kappa shape index (κ3) is 2.13. The van der Waals surface area contributed by atoms with Crippen molar-refractivity contribution >= 4 is 5.91 Å². The summed E-state index contributed by atoms with van der Waals surface area (Å²) >= 11 is 0. The van der Waals surface area contributed by atoms with Crippen LogP contribution in [0.5, 0.6) is 0 Å². The average molecular weight is 219 g/mol. The summed E-state index contributed by atoms with van der Waals surface area (Å²) in [4.78, 5) is 18.8. The number of hydrogen-bond donors (Lipinski definition) is 2. The van der Waals surface area contributed by atoms with Crippen LogP contribution in [0, 0.1) is 6.92 Å². The van der Waals surface area contributed by atoms with Gasteiger partial charge in [-0.05, 0) is 19.9 Å². The predicted molar refractivity (Wildman–Crippen MR) is 57.9 cm³/mol. The number of furan rings is 1. The molecule has 2 aromatic heterocycles. The van der Waals surface area contributed by atoms with Gasteiger partial charge in [0, 0.05) is 12.4 Å². The van der Waals surface area contributed by atoms with E-state index in [4.69, 9.17) is 4.42 Å². The molecule has 2 rings (SSSR count). The molecule has 0 saturated heterocycles. The van der Waals surface area contributed by atoms with E-state index < -0.39 is 0 Å². The van der Waals surface area contributed by atoms with Crippen LogP contribution in [0.3, 0.4) is 0 Å². The lowest BCUT2D eigenvalue weighted by Crippen LogP contribution is -2.26. The van der Waals surface area contributed by atoms with Gasteiger partial charge in [-0.1, -0.05) is 0 Å². The van der Waals surface area contributed by atoms with Crippen LogP contribution >= 0.6 is 0 Å². The van der Waals surface area contributed by atoms with E-state index in [1.807, 2.05) is 6.92 Å². The van der Waals surface area contributed by atoms with E-state index in [2.05, 4.69) is 15.3 Å². The fourth-order valence-electron chi connectivity index (χ4n) is 1.43. The number of nitrogens with one attached hydrogen (secondary N) is 2. The Kier molecular flexibility index (Phi) is 2.76. The van der Waals surface area contributed by atoms with Crippen LogP contribution in [0.25, 0.3) is 0 Å². The topological polar surface area (TPSA) is 70.9 Å². The molecule has 2 N–H and O–H groups in total. The van der Waals surface area contributed by atoms with Crippen molar-refractivity contribution in [2.24, 2.45) is 0 Å². The van der Waals surface area contributed by atoms with Gasteiger partial charge in [0.05, 0.1) is 11.6 Å². The van der Waals surface area contributed by atoms with Gasteiger partial charge < -0.3 is 14.7 Å². The highest BCUT2D eigenvalue weighted by Crippen LogP contribution is 2.10. The summed E-state index contributed by atoms with van der Waals surface area (Å²) in [6, 6.07) is 1.54. The zero-order valence-corrected chi connectivity index (χ0v) is 9.15. The lowest BCUT2D eigenvalue weighted by molar-refractivity contribution is 0.0938. The van der Waals surface area contributed by atoms with Crippen molar-refractivity contribution in [1.82, 2.24) is 15.3 Å². The first kappa shape index (κ1) is 10.5. The number of nitrogens with zero attached hydrogens (tertiary/aromatic N) is 1. The molecule has 0 aliphatic carbocycles. The van der Waals surface area contributed by atoms with Gasteiger partial charge in [-0.25, -0.2) is 4.98 Å². The van der Waals surface area contributed by atoms with Crippen molar-refractivity contribution < 1.29 is 9.21 Å². The number of rotatable bonds is 3. The number of carbonyl (C=O) groups is 1. The van der Waals surface area contributed by atoms with Gasteiger partial charge in [0.15, 0.2) is 0 Å². The minimum absolute atomic E-state index is 0.155. The standard InChI is InChI=1S/C11H13N3O2/c1-7-5-9(6-16-7)11(15)14-8(2)10-12-3-4-13-10/h3-6,8H,1-2H3,(H,12,13)(H,14,15). The van der Waals surface area contributed by atoms with E-state index in [1.165, 1.54) is 6.26 Å². The second-order valence-corrected chi connectivity index (χ2v) is 3.62. The SMILES string of the molecule is Cc1cc(C(=O)NC(C)c2ncc[nH]2)co1. The Hall–Kier alpha value is -2.04. The molecular formula is C11H13N3O2. The smallest absolute Gasteiger partial charge is 0.255 e. The summed E-state index contributed by atoms with van der Waals surface area (Å²) in [5, 5.41) is 2.82. The Labute approximate surface area is 92.9 Å². The maximum atomic E-state index is 11.8. The summed E-state index contributed by atoms with van der Waals surface area (Å²) < 4.78 is 5.07. The van der Waals surface area contributed by atoms with Crippen LogP contribution in [0.4, 0.5) is 0 Å². The summed E-state index contributed by atoms with van der Waals surface area (Å²) in [5.74, 6) is 1.28. The van der Waals surface area contributed by atoms with Crippen molar-refractivity contribution in [2.45, 2.75) is 19.9 Å². The number of imidazole rings is 1. The maximum Gasteiger partial charge on any atom is 0.255 e. The number of aromatic nitrogens is 2. The van der Waals surface area contributed by atoms with E-state index in [9.17, 15) is 4.79 Å². The number of aromatic amines is 1. The van der Waals surface area contributed by atoms with Gasteiger partial charge in [0.2, 0.25) is 0 Å². The second-order valence-electron chi connectivity index (χ2n) is 3.62. The van der Waals surface area contributed by atoms with Crippen molar-refractivity contribution in [1.29, 1.82) is 0 Å². The molecule has 0 bridgehead atoms. The van der Waals surface area contributed by atoms with Crippen molar-refractivity contribution in [3.8, 4) is 0 Å². The number of hydrogen-bond acceptors (Lipinski definition) is 3. The lowest BCUT2D eigenvalue weighted by atomic mass is 10.2. The molecule has 1 amide bonds. The molecule has 1 atom stereocenters. The van der Waals surface area contributed by atoms with Gasteiger partial charge in [-0.3, -0.25) is 4.79 Å². The molecule has 1 unspecified atom stereocenters. The van der Waals surface area contributed by atoms with Gasteiger partial charge in [-0.2, -0.15) is 0 Å². The Bertz CT molecular complexity index is 473. The molecule has 0 saturated carbocycles. The van der Waals surface area contributed by atoms with E-state index >= 15 is 0 Å². The summed E-state index contributed by atoms with van der Waals surface area (Å²) in [6.45, 7) is 3.66. The third-order valence-corrected chi connectivity index (χ3v) is 2.27. The normalized spacial score (nSPS) is 12.4. The van der Waals surface area contributed by atoms with Crippen LogP contribution < -0.4 is 5.32 Å². The third-order valence-electron chi connectivity index (χ3n) is 2.27. The first-order valence-corrected chi connectivity index (χ1v) is 5.02. The van der Waals surface area contributed by atoms with Crippen LogP contribution in [0.15, 0.2) is 29.1 Å². The van der Waals surface area contributed by atoms with E-state index in [1.54, 1.807) is 25.4 Å². The molecule has 0 radical (unpaired) electrons. The van der Waals surface area contributed by atoms with E-state index in [0.29, 0.717) is 5.56 Å². The molecule has 2 aromatic rings. The maximum absolute atomic E-state index is 11.8. The largest absolute Gasteiger partial charge is 0.469 e. The summed E-state index contributed by atoms with van der Waals surface area (Å²) in [7, 11) is 0. The number of carbonyl (C=O) groups excluding carboxylic acids is 1. The fourth-order valence-corrected chi connectivity index (χ4v) is 1.43. The number of aryl methyl sites for hydroxylation is 1. The van der Waals surface area contributed by atoms with Gasteiger partial charge in [0.25, 0.3) is 5.91 Å². The van der Waals surface area contributed by atoms with Crippen molar-refractivity contribution in [3.63, 3.8) is 0 Å². The Morgan fingerprint density at radius 1 is 1.62 bits per heavy atom. The van der Waals surface area contributed by atoms with Crippen LogP contribution in [-0.2, 0) is 0 Å². The number of amides is 1. The van der Waals surface area contributed by atoms with E-state index in [-0.39, 0.29) is 11.9 Å². The van der Waals surface area contributed by atoms with Gasteiger partial charge in [-0.15, -0.1) is 0 Å². The molecule has 0 fully saturated rings. The Morgan fingerprint density at radius 2 is 2.44 bits per heavy atom. The highest BCUT2D eigenvalue weighted by molar-refractivity contribution is 5.94. The van der Waals surface area contributed by atoms with Crippen LogP contribution in [0.2, 0.25) is 0 Å². The summed E-state index contributed by atoms with van der Waals surface area (Å²) in [6.07, 6.45) is 4.82. The minimum atomic E-state index is -0.166. The minimum Gasteiger partial charge on any atom is -0.469 e. The molecule has 16 heavy (non-hydrogen) atoms. The first-order valence-electron chi connectivity index (χ1n) is 5.02. The molecule has 0 spiro atoms. The Morgan fingerprint density at radius 3 is 3.00 bits per heavy atom. The zero-order valence-electron chi connectivity index (χ0n) is 9.15. The second kappa shape index (κ2) is 4.22. The quantitative estimate of drug-likeness (QED) is 0.826. The zero-order chi connectivity index (χ0) is 11.5. The van der Waals surface area contributed by atoms with Gasteiger partial charge >= 0.3 is 0 Å².